The maximum absolute atomic E-state index is 4.86. The van der Waals surface area contributed by atoms with E-state index in [1.165, 1.54) is 12.8 Å². The predicted octanol–water partition coefficient (Wildman–Crippen LogP) is 3.35. The summed E-state index contributed by atoms with van der Waals surface area (Å²) in [6.45, 7) is 3.04. The maximum atomic E-state index is 4.86. The average molecular weight is 366 g/mol. The van der Waals surface area contributed by atoms with E-state index >= 15 is 0 Å². The van der Waals surface area contributed by atoms with Gasteiger partial charge in [-0.05, 0) is 55.3 Å². The molecule has 3 N–H and O–H groups in total. The van der Waals surface area contributed by atoms with E-state index in [4.69, 9.17) is 9.97 Å². The van der Waals surface area contributed by atoms with Gasteiger partial charge in [0.05, 0.1) is 10.2 Å². The number of fused-ring (bicyclic) bond motifs is 1. The zero-order valence-electron chi connectivity index (χ0n) is 14.5. The zero-order chi connectivity index (χ0) is 17.3. The molecule has 134 valence electrons. The molecule has 1 saturated heterocycles. The van der Waals surface area contributed by atoms with Gasteiger partial charge in [-0.15, -0.1) is 11.3 Å². The van der Waals surface area contributed by atoms with Crippen LogP contribution in [0.4, 0.5) is 11.6 Å². The number of hydrogen-bond donors (Lipinski definition) is 3. The van der Waals surface area contributed by atoms with E-state index in [0.29, 0.717) is 6.04 Å². The van der Waals surface area contributed by atoms with Crippen molar-refractivity contribution in [3.63, 3.8) is 0 Å². The van der Waals surface area contributed by atoms with Crippen LogP contribution in [0.2, 0.25) is 0 Å². The fourth-order valence-corrected chi connectivity index (χ4v) is 4.08. The SMILES string of the molecule is c1cc(-c2nc(NC3CCNC3)c3sccc3n2)cc(NCC2CC2)n1. The lowest BCUT2D eigenvalue weighted by Gasteiger charge is -2.14. The van der Waals surface area contributed by atoms with Crippen molar-refractivity contribution in [3.05, 3.63) is 29.8 Å². The van der Waals surface area contributed by atoms with Crippen LogP contribution in [0.25, 0.3) is 21.6 Å². The van der Waals surface area contributed by atoms with Crippen molar-refractivity contribution in [3.8, 4) is 11.4 Å². The maximum Gasteiger partial charge on any atom is 0.162 e. The van der Waals surface area contributed by atoms with E-state index in [-0.39, 0.29) is 0 Å². The van der Waals surface area contributed by atoms with Crippen LogP contribution in [0.3, 0.4) is 0 Å². The molecule has 5 rings (SSSR count). The second kappa shape index (κ2) is 6.81. The lowest BCUT2D eigenvalue weighted by molar-refractivity contribution is 0.789. The molecular weight excluding hydrogens is 344 g/mol. The molecule has 3 aromatic rings. The lowest BCUT2D eigenvalue weighted by atomic mass is 10.2. The van der Waals surface area contributed by atoms with Gasteiger partial charge >= 0.3 is 0 Å². The summed E-state index contributed by atoms with van der Waals surface area (Å²) in [6, 6.07) is 6.53. The van der Waals surface area contributed by atoms with Crippen molar-refractivity contribution in [2.75, 3.05) is 30.3 Å². The summed E-state index contributed by atoms with van der Waals surface area (Å²) in [5.41, 5.74) is 2.00. The minimum atomic E-state index is 0.427. The van der Waals surface area contributed by atoms with E-state index in [1.54, 1.807) is 11.3 Å². The van der Waals surface area contributed by atoms with Crippen LogP contribution >= 0.6 is 11.3 Å². The molecule has 7 heteroatoms. The second-order valence-corrected chi connectivity index (χ2v) is 8.03. The second-order valence-electron chi connectivity index (χ2n) is 7.12. The zero-order valence-corrected chi connectivity index (χ0v) is 15.4. The quantitative estimate of drug-likeness (QED) is 0.621. The third-order valence-corrected chi connectivity index (χ3v) is 5.90. The molecule has 26 heavy (non-hydrogen) atoms. The molecule has 0 amide bonds. The van der Waals surface area contributed by atoms with Gasteiger partial charge in [0.1, 0.15) is 11.6 Å². The van der Waals surface area contributed by atoms with E-state index < -0.39 is 0 Å². The molecule has 0 radical (unpaired) electrons. The number of thiophene rings is 1. The molecular formula is C19H22N6S. The summed E-state index contributed by atoms with van der Waals surface area (Å²) >= 11 is 1.69. The van der Waals surface area contributed by atoms with Crippen molar-refractivity contribution in [1.29, 1.82) is 0 Å². The van der Waals surface area contributed by atoms with Crippen molar-refractivity contribution in [2.24, 2.45) is 5.92 Å². The van der Waals surface area contributed by atoms with E-state index in [1.807, 2.05) is 12.3 Å². The number of pyridine rings is 1. The minimum absolute atomic E-state index is 0.427. The van der Waals surface area contributed by atoms with Gasteiger partial charge in [-0.3, -0.25) is 0 Å². The Balaban J connectivity index is 1.46. The van der Waals surface area contributed by atoms with Gasteiger partial charge < -0.3 is 16.0 Å². The van der Waals surface area contributed by atoms with Crippen LogP contribution in [0.1, 0.15) is 19.3 Å². The summed E-state index contributed by atoms with van der Waals surface area (Å²) in [7, 11) is 0. The first-order valence-corrected chi connectivity index (χ1v) is 10.2. The topological polar surface area (TPSA) is 74.8 Å². The highest BCUT2D eigenvalue weighted by molar-refractivity contribution is 7.17. The summed E-state index contributed by atoms with van der Waals surface area (Å²) in [4.78, 5) is 14.1. The van der Waals surface area contributed by atoms with Gasteiger partial charge in [0.15, 0.2) is 5.82 Å². The average Bonchev–Trinajstić information content (AvgIpc) is 3.13. The van der Waals surface area contributed by atoms with Gasteiger partial charge in [-0.25, -0.2) is 15.0 Å². The summed E-state index contributed by atoms with van der Waals surface area (Å²) in [5.74, 6) is 3.41. The summed E-state index contributed by atoms with van der Waals surface area (Å²) in [6.07, 6.45) is 5.61. The van der Waals surface area contributed by atoms with E-state index in [2.05, 4.69) is 38.4 Å². The van der Waals surface area contributed by atoms with Crippen molar-refractivity contribution in [2.45, 2.75) is 25.3 Å². The van der Waals surface area contributed by atoms with Crippen LogP contribution in [0.15, 0.2) is 29.8 Å². The van der Waals surface area contributed by atoms with Crippen molar-refractivity contribution in [1.82, 2.24) is 20.3 Å². The Morgan fingerprint density at radius 1 is 1.19 bits per heavy atom. The first kappa shape index (κ1) is 16.0. The minimum Gasteiger partial charge on any atom is -0.370 e. The van der Waals surface area contributed by atoms with Crippen molar-refractivity contribution < 1.29 is 0 Å². The monoisotopic (exact) mass is 366 g/mol. The summed E-state index contributed by atoms with van der Waals surface area (Å²) in [5, 5.41) is 12.5. The van der Waals surface area contributed by atoms with Gasteiger partial charge in [0, 0.05) is 30.9 Å². The molecule has 0 aromatic carbocycles. The molecule has 1 aliphatic heterocycles. The molecule has 1 saturated carbocycles. The van der Waals surface area contributed by atoms with E-state index in [9.17, 15) is 0 Å². The van der Waals surface area contributed by atoms with Crippen LogP contribution in [-0.4, -0.2) is 40.6 Å². The molecule has 2 fully saturated rings. The number of nitrogens with one attached hydrogen (secondary N) is 3. The predicted molar refractivity (Wildman–Crippen MR) is 107 cm³/mol. The molecule has 0 spiro atoms. The molecule has 4 heterocycles. The number of aromatic nitrogens is 3. The van der Waals surface area contributed by atoms with Crippen LogP contribution in [-0.2, 0) is 0 Å². The molecule has 2 aliphatic rings. The molecule has 6 nitrogen and oxygen atoms in total. The normalized spacial score (nSPS) is 19.8. The van der Waals surface area contributed by atoms with Crippen LogP contribution in [0, 0.1) is 5.92 Å². The third-order valence-electron chi connectivity index (χ3n) is 4.99. The highest BCUT2D eigenvalue weighted by Crippen LogP contribution is 2.31. The molecule has 1 aliphatic carbocycles. The Labute approximate surface area is 156 Å². The first-order chi connectivity index (χ1) is 12.8. The van der Waals surface area contributed by atoms with Gasteiger partial charge in [0.25, 0.3) is 0 Å². The van der Waals surface area contributed by atoms with E-state index in [0.717, 1.165) is 65.2 Å². The molecule has 3 aromatic heterocycles. The van der Waals surface area contributed by atoms with Crippen molar-refractivity contribution >= 4 is 33.2 Å². The third kappa shape index (κ3) is 3.37. The number of anilines is 2. The Bertz CT molecular complexity index is 913. The number of hydrogen-bond acceptors (Lipinski definition) is 7. The Morgan fingerprint density at radius 2 is 2.15 bits per heavy atom. The summed E-state index contributed by atoms with van der Waals surface area (Å²) < 4.78 is 1.13. The number of rotatable bonds is 6. The molecule has 1 atom stereocenters. The number of nitrogens with zero attached hydrogens (tertiary/aromatic N) is 3. The standard InChI is InChI=1S/C19H22N6S/c1-2-12(1)10-22-16-9-13(3-7-21-16)18-24-15-5-8-26-17(15)19(25-18)23-14-4-6-20-11-14/h3,5,7-9,12,14,20H,1-2,4,6,10-11H2,(H,21,22)(H,23,24,25). The van der Waals surface area contributed by atoms with Gasteiger partial charge in [-0.2, -0.15) is 0 Å². The molecule has 1 unspecified atom stereocenters. The fourth-order valence-electron chi connectivity index (χ4n) is 3.30. The van der Waals surface area contributed by atoms with Crippen LogP contribution < -0.4 is 16.0 Å². The van der Waals surface area contributed by atoms with Gasteiger partial charge in [0.2, 0.25) is 0 Å². The van der Waals surface area contributed by atoms with Crippen LogP contribution in [0.5, 0.6) is 0 Å². The first-order valence-electron chi connectivity index (χ1n) is 9.28. The highest BCUT2D eigenvalue weighted by Gasteiger charge is 2.21. The Kier molecular flexibility index (Phi) is 4.18. The lowest BCUT2D eigenvalue weighted by Crippen LogP contribution is -2.22. The fraction of sp³-hybridized carbons (Fsp3) is 0.421. The largest absolute Gasteiger partial charge is 0.370 e. The smallest absolute Gasteiger partial charge is 0.162 e. The molecule has 0 bridgehead atoms. The van der Waals surface area contributed by atoms with Gasteiger partial charge in [-0.1, -0.05) is 0 Å². The highest BCUT2D eigenvalue weighted by atomic mass is 32.1. The Hall–Kier alpha value is -2.25. The Morgan fingerprint density at radius 3 is 3.00 bits per heavy atom.